The topological polar surface area (TPSA) is 47.1 Å². The number of benzene rings is 3. The third-order valence-corrected chi connectivity index (χ3v) is 8.09. The van der Waals surface area contributed by atoms with Crippen molar-refractivity contribution in [1.82, 2.24) is 14.7 Å². The van der Waals surface area contributed by atoms with Crippen LogP contribution in [0.4, 0.5) is 5.69 Å². The minimum absolute atomic E-state index is 0.0201. The summed E-state index contributed by atoms with van der Waals surface area (Å²) in [5, 5.41) is 0.952. The lowest BCUT2D eigenvalue weighted by atomic mass is 9.98. The van der Waals surface area contributed by atoms with Crippen LogP contribution in [0.1, 0.15) is 34.8 Å². The fraction of sp³-hybridized carbons (Fsp3) is 0.355. The number of anilines is 1. The maximum atomic E-state index is 13.5. The monoisotopic (exact) mass is 566 g/mol. The average molecular weight is 568 g/mol. The maximum Gasteiger partial charge on any atom is 0.253 e. The van der Waals surface area contributed by atoms with E-state index in [1.807, 2.05) is 54.2 Å². The van der Waals surface area contributed by atoms with Gasteiger partial charge in [0.15, 0.2) is 0 Å². The predicted molar refractivity (Wildman–Crippen MR) is 161 cm³/mol. The molecule has 1 heterocycles. The number of nitrogens with zero attached hydrogens (tertiary/aromatic N) is 4. The number of likely N-dealkylation sites (tertiary alicyclic amines) is 1. The molecule has 0 N–H and O–H groups in total. The molecule has 0 spiro atoms. The molecule has 3 aromatic carbocycles. The molecule has 206 valence electrons. The van der Waals surface area contributed by atoms with Gasteiger partial charge in [-0.15, -0.1) is 0 Å². The molecule has 1 aliphatic rings. The Labute approximate surface area is 241 Å². The van der Waals surface area contributed by atoms with Gasteiger partial charge >= 0.3 is 0 Å². The molecule has 1 aliphatic heterocycles. The summed E-state index contributed by atoms with van der Waals surface area (Å²) < 4.78 is 0. The summed E-state index contributed by atoms with van der Waals surface area (Å²) in [7, 11) is 7.27. The van der Waals surface area contributed by atoms with E-state index in [0.717, 1.165) is 42.0 Å². The predicted octanol–water partition coefficient (Wildman–Crippen LogP) is 6.09. The summed E-state index contributed by atoms with van der Waals surface area (Å²) >= 11 is 12.3. The molecule has 39 heavy (non-hydrogen) atoms. The summed E-state index contributed by atoms with van der Waals surface area (Å²) in [6, 6.07) is 21.3. The second-order valence-electron chi connectivity index (χ2n) is 10.4. The molecule has 3 aromatic rings. The van der Waals surface area contributed by atoms with Crippen LogP contribution in [0.25, 0.3) is 11.1 Å². The van der Waals surface area contributed by atoms with Crippen molar-refractivity contribution in [2.45, 2.75) is 18.9 Å². The van der Waals surface area contributed by atoms with Gasteiger partial charge in [-0.05, 0) is 73.0 Å². The molecular weight excluding hydrogens is 531 g/mol. The fourth-order valence-electron chi connectivity index (χ4n) is 4.95. The van der Waals surface area contributed by atoms with Gasteiger partial charge in [-0.2, -0.15) is 0 Å². The molecule has 6 nitrogen and oxygen atoms in total. The SMILES string of the molecule is CN(C)C(=O)c1cccc(-c2ccc(C(CN3CCCC3)N(C)C(=O)CN(C)c3ccc(Cl)c(Cl)c3)cc2)c1. The van der Waals surface area contributed by atoms with E-state index in [9.17, 15) is 9.59 Å². The van der Waals surface area contributed by atoms with Crippen molar-refractivity contribution in [1.29, 1.82) is 0 Å². The van der Waals surface area contributed by atoms with Crippen LogP contribution >= 0.6 is 23.2 Å². The Hall–Kier alpha value is -3.06. The summed E-state index contributed by atoms with van der Waals surface area (Å²) in [6.07, 6.45) is 2.37. The molecule has 0 aromatic heterocycles. The van der Waals surface area contributed by atoms with E-state index in [4.69, 9.17) is 23.2 Å². The molecule has 1 saturated heterocycles. The van der Waals surface area contributed by atoms with E-state index < -0.39 is 0 Å². The van der Waals surface area contributed by atoms with Crippen LogP contribution in [0.15, 0.2) is 66.7 Å². The van der Waals surface area contributed by atoms with Crippen LogP contribution in [-0.2, 0) is 4.79 Å². The lowest BCUT2D eigenvalue weighted by molar-refractivity contribution is -0.131. The number of carbonyl (C=O) groups excluding carboxylic acids is 2. The lowest BCUT2D eigenvalue weighted by Crippen LogP contribution is -2.42. The number of amides is 2. The van der Waals surface area contributed by atoms with E-state index >= 15 is 0 Å². The smallest absolute Gasteiger partial charge is 0.253 e. The summed E-state index contributed by atoms with van der Waals surface area (Å²) in [5.74, 6) is -0.00290. The van der Waals surface area contributed by atoms with Crippen molar-refractivity contribution in [2.75, 3.05) is 59.3 Å². The van der Waals surface area contributed by atoms with Gasteiger partial charge in [0.05, 0.1) is 22.6 Å². The van der Waals surface area contributed by atoms with Crippen molar-refractivity contribution >= 4 is 40.7 Å². The molecule has 8 heteroatoms. The van der Waals surface area contributed by atoms with Gasteiger partial charge < -0.3 is 19.6 Å². The lowest BCUT2D eigenvalue weighted by Gasteiger charge is -2.33. The quantitative estimate of drug-likeness (QED) is 0.314. The van der Waals surface area contributed by atoms with Gasteiger partial charge in [0.2, 0.25) is 5.91 Å². The first kappa shape index (κ1) is 28.9. The van der Waals surface area contributed by atoms with Gasteiger partial charge in [0, 0.05) is 46.0 Å². The molecule has 0 saturated carbocycles. The van der Waals surface area contributed by atoms with Crippen LogP contribution in [0, 0.1) is 0 Å². The minimum atomic E-state index is -0.0893. The summed E-state index contributed by atoms with van der Waals surface area (Å²) in [4.78, 5) is 33.7. The van der Waals surface area contributed by atoms with Crippen LogP contribution in [0.3, 0.4) is 0 Å². The first-order valence-electron chi connectivity index (χ1n) is 13.2. The Morgan fingerprint density at radius 1 is 0.846 bits per heavy atom. The Balaban J connectivity index is 1.54. The number of hydrogen-bond donors (Lipinski definition) is 0. The zero-order chi connectivity index (χ0) is 28.1. The van der Waals surface area contributed by atoms with E-state index in [2.05, 4.69) is 29.2 Å². The van der Waals surface area contributed by atoms with Crippen LogP contribution in [0.2, 0.25) is 10.0 Å². The standard InChI is InChI=1S/C31H36Cl2N4O2/c1-34(2)31(39)25-9-7-8-24(18-25)22-10-12-23(13-11-22)29(20-37-16-5-6-17-37)36(4)30(38)21-35(3)26-14-15-27(32)28(33)19-26/h7-15,18-19,29H,5-6,16-17,20-21H2,1-4H3. The number of halogens is 2. The van der Waals surface area contributed by atoms with Gasteiger partial charge in [0.1, 0.15) is 0 Å². The van der Waals surface area contributed by atoms with E-state index in [-0.39, 0.29) is 24.4 Å². The number of carbonyl (C=O) groups is 2. The first-order chi connectivity index (χ1) is 18.6. The highest BCUT2D eigenvalue weighted by atomic mass is 35.5. The molecule has 0 radical (unpaired) electrons. The van der Waals surface area contributed by atoms with Gasteiger partial charge in [-0.25, -0.2) is 0 Å². The van der Waals surface area contributed by atoms with Gasteiger partial charge in [0.25, 0.3) is 5.91 Å². The normalized spacial score (nSPS) is 14.2. The van der Waals surface area contributed by atoms with Crippen molar-refractivity contribution in [3.05, 3.63) is 87.9 Å². The number of hydrogen-bond acceptors (Lipinski definition) is 4. The number of rotatable bonds is 9. The van der Waals surface area contributed by atoms with Crippen molar-refractivity contribution in [3.63, 3.8) is 0 Å². The molecule has 2 amide bonds. The molecule has 0 aliphatic carbocycles. The molecule has 0 bridgehead atoms. The molecular formula is C31H36Cl2N4O2. The molecule has 1 unspecified atom stereocenters. The minimum Gasteiger partial charge on any atom is -0.365 e. The van der Waals surface area contributed by atoms with Crippen LogP contribution < -0.4 is 4.90 Å². The highest BCUT2D eigenvalue weighted by Crippen LogP contribution is 2.29. The summed E-state index contributed by atoms with van der Waals surface area (Å²) in [5.41, 5.74) is 4.59. The largest absolute Gasteiger partial charge is 0.365 e. The highest BCUT2D eigenvalue weighted by molar-refractivity contribution is 6.42. The van der Waals surface area contributed by atoms with Crippen LogP contribution in [-0.4, -0.2) is 80.9 Å². The van der Waals surface area contributed by atoms with Gasteiger partial charge in [-0.3, -0.25) is 9.59 Å². The third-order valence-electron chi connectivity index (χ3n) is 7.35. The first-order valence-corrected chi connectivity index (χ1v) is 14.0. The zero-order valence-corrected chi connectivity index (χ0v) is 24.5. The zero-order valence-electron chi connectivity index (χ0n) is 23.0. The molecule has 4 rings (SSSR count). The second kappa shape index (κ2) is 12.9. The summed E-state index contributed by atoms with van der Waals surface area (Å²) in [6.45, 7) is 3.10. The Kier molecular flexibility index (Phi) is 9.54. The van der Waals surface area contributed by atoms with Crippen LogP contribution in [0.5, 0.6) is 0 Å². The van der Waals surface area contributed by atoms with Gasteiger partial charge in [-0.1, -0.05) is 59.6 Å². The van der Waals surface area contributed by atoms with E-state index in [0.29, 0.717) is 15.6 Å². The van der Waals surface area contributed by atoms with E-state index in [1.54, 1.807) is 31.1 Å². The van der Waals surface area contributed by atoms with E-state index in [1.165, 1.54) is 12.8 Å². The van der Waals surface area contributed by atoms with Crippen molar-refractivity contribution in [2.24, 2.45) is 0 Å². The number of likely N-dealkylation sites (N-methyl/N-ethyl adjacent to an activating group) is 2. The third kappa shape index (κ3) is 7.13. The molecule has 1 fully saturated rings. The maximum absolute atomic E-state index is 13.5. The van der Waals surface area contributed by atoms with Crippen molar-refractivity contribution < 1.29 is 9.59 Å². The second-order valence-corrected chi connectivity index (χ2v) is 11.2. The highest BCUT2D eigenvalue weighted by Gasteiger charge is 2.26. The fourth-order valence-corrected chi connectivity index (χ4v) is 5.24. The van der Waals surface area contributed by atoms with Crippen molar-refractivity contribution in [3.8, 4) is 11.1 Å². The average Bonchev–Trinajstić information content (AvgIpc) is 3.46. The Morgan fingerprint density at radius 2 is 1.54 bits per heavy atom. The Bertz CT molecular complexity index is 1310. The Morgan fingerprint density at radius 3 is 2.18 bits per heavy atom. The molecule has 1 atom stereocenters.